The van der Waals surface area contributed by atoms with E-state index in [1.165, 1.54) is 0 Å². The molecule has 0 bridgehead atoms. The first-order chi connectivity index (χ1) is 12.3. The lowest BCUT2D eigenvalue weighted by Crippen LogP contribution is -2.42. The van der Waals surface area contributed by atoms with Crippen molar-refractivity contribution in [1.29, 1.82) is 0 Å². The van der Waals surface area contributed by atoms with E-state index in [4.69, 9.17) is 0 Å². The molecule has 1 heterocycles. The van der Waals surface area contributed by atoms with Crippen LogP contribution in [0, 0.1) is 11.8 Å². The van der Waals surface area contributed by atoms with Crippen LogP contribution in [0.2, 0.25) is 0 Å². The maximum atomic E-state index is 12.7. The van der Waals surface area contributed by atoms with Gasteiger partial charge in [0, 0.05) is 24.3 Å². The number of rotatable bonds is 4. The van der Waals surface area contributed by atoms with Crippen molar-refractivity contribution in [3.8, 4) is 0 Å². The van der Waals surface area contributed by atoms with E-state index in [1.807, 2.05) is 4.90 Å². The number of nitrogens with zero attached hydrogens (tertiary/aromatic N) is 1. The number of piperidine rings is 1. The second-order valence-electron chi connectivity index (χ2n) is 7.15. The highest BCUT2D eigenvalue weighted by Gasteiger charge is 2.26. The van der Waals surface area contributed by atoms with Crippen LogP contribution >= 0.6 is 0 Å². The summed E-state index contributed by atoms with van der Waals surface area (Å²) in [7, 11) is -3.63. The van der Waals surface area contributed by atoms with Crippen molar-refractivity contribution in [2.45, 2.75) is 25.2 Å². The lowest BCUT2D eigenvalue weighted by atomic mass is 9.91. The van der Waals surface area contributed by atoms with Gasteiger partial charge in [-0.3, -0.25) is 9.52 Å². The van der Waals surface area contributed by atoms with Gasteiger partial charge in [0.1, 0.15) is 0 Å². The van der Waals surface area contributed by atoms with E-state index in [9.17, 15) is 13.2 Å². The van der Waals surface area contributed by atoms with Crippen molar-refractivity contribution in [2.75, 3.05) is 17.8 Å². The minimum Gasteiger partial charge on any atom is -0.338 e. The van der Waals surface area contributed by atoms with E-state index in [-0.39, 0.29) is 10.8 Å². The molecule has 1 amide bonds. The van der Waals surface area contributed by atoms with Crippen LogP contribution < -0.4 is 4.72 Å². The summed E-state index contributed by atoms with van der Waals surface area (Å²) >= 11 is 0. The van der Waals surface area contributed by atoms with Gasteiger partial charge in [0.05, 0.1) is 4.90 Å². The van der Waals surface area contributed by atoms with Crippen molar-refractivity contribution in [3.05, 3.63) is 60.2 Å². The summed E-state index contributed by atoms with van der Waals surface area (Å²) in [6, 6.07) is 14.8. The summed E-state index contributed by atoms with van der Waals surface area (Å²) in [6.07, 6.45) is 1.14. The Labute approximate surface area is 155 Å². The molecule has 138 valence electrons. The summed E-state index contributed by atoms with van der Waals surface area (Å²) in [4.78, 5) is 14.8. The molecule has 1 saturated heterocycles. The fourth-order valence-corrected chi connectivity index (χ4v) is 4.59. The molecule has 1 aliphatic rings. The van der Waals surface area contributed by atoms with Crippen molar-refractivity contribution in [2.24, 2.45) is 11.8 Å². The first kappa shape index (κ1) is 18.5. The minimum atomic E-state index is -3.63. The summed E-state index contributed by atoms with van der Waals surface area (Å²) < 4.78 is 27.2. The fraction of sp³-hybridized carbons (Fsp3) is 0.350. The van der Waals surface area contributed by atoms with Gasteiger partial charge in [-0.25, -0.2) is 8.42 Å². The molecule has 0 spiro atoms. The van der Waals surface area contributed by atoms with E-state index in [0.717, 1.165) is 19.5 Å². The third kappa shape index (κ3) is 4.25. The van der Waals surface area contributed by atoms with Crippen LogP contribution in [-0.4, -0.2) is 32.3 Å². The Kier molecular flexibility index (Phi) is 5.32. The van der Waals surface area contributed by atoms with Crippen LogP contribution in [0.1, 0.15) is 30.6 Å². The monoisotopic (exact) mass is 372 g/mol. The molecular formula is C20H24N2O3S. The van der Waals surface area contributed by atoms with Gasteiger partial charge in [0.25, 0.3) is 15.9 Å². The summed E-state index contributed by atoms with van der Waals surface area (Å²) in [5.41, 5.74) is 1.01. The number of carbonyl (C=O) groups excluding carboxylic acids is 1. The molecule has 0 aromatic heterocycles. The average Bonchev–Trinajstić information content (AvgIpc) is 2.61. The lowest BCUT2D eigenvalue weighted by Gasteiger charge is -2.35. The predicted molar refractivity (Wildman–Crippen MR) is 103 cm³/mol. The Hall–Kier alpha value is -2.34. The van der Waals surface area contributed by atoms with Gasteiger partial charge >= 0.3 is 0 Å². The number of hydrogen-bond donors (Lipinski definition) is 1. The maximum absolute atomic E-state index is 12.7. The Morgan fingerprint density at radius 1 is 0.962 bits per heavy atom. The van der Waals surface area contributed by atoms with Crippen LogP contribution in [0.3, 0.4) is 0 Å². The standard InChI is InChI=1S/C20H24N2O3S/c1-15-12-16(2)14-22(13-15)20(23)17-8-10-18(11-9-17)21-26(24,25)19-6-4-3-5-7-19/h3-11,15-16,21H,12-14H2,1-2H3. The third-order valence-electron chi connectivity index (χ3n) is 4.59. The minimum absolute atomic E-state index is 0.000802. The predicted octanol–water partition coefficient (Wildman–Crippen LogP) is 3.61. The Balaban J connectivity index is 1.71. The molecule has 0 aliphatic carbocycles. The van der Waals surface area contributed by atoms with Crippen molar-refractivity contribution >= 4 is 21.6 Å². The topological polar surface area (TPSA) is 66.5 Å². The number of carbonyl (C=O) groups is 1. The van der Waals surface area contributed by atoms with Crippen LogP contribution in [0.5, 0.6) is 0 Å². The van der Waals surface area contributed by atoms with Crippen LogP contribution in [-0.2, 0) is 10.0 Å². The molecule has 0 radical (unpaired) electrons. The number of sulfonamides is 1. The van der Waals surface area contributed by atoms with E-state index >= 15 is 0 Å². The molecule has 6 heteroatoms. The van der Waals surface area contributed by atoms with Gasteiger partial charge in [-0.05, 0) is 54.7 Å². The maximum Gasteiger partial charge on any atom is 0.261 e. The van der Waals surface area contributed by atoms with E-state index in [1.54, 1.807) is 54.6 Å². The Morgan fingerprint density at radius 2 is 1.54 bits per heavy atom. The molecule has 3 rings (SSSR count). The average molecular weight is 372 g/mol. The second kappa shape index (κ2) is 7.50. The smallest absolute Gasteiger partial charge is 0.261 e. The first-order valence-corrected chi connectivity index (χ1v) is 10.3. The molecule has 0 saturated carbocycles. The van der Waals surface area contributed by atoms with Gasteiger partial charge in [-0.1, -0.05) is 32.0 Å². The van der Waals surface area contributed by atoms with E-state index in [2.05, 4.69) is 18.6 Å². The quantitative estimate of drug-likeness (QED) is 0.892. The number of nitrogens with one attached hydrogen (secondary N) is 1. The number of amides is 1. The largest absolute Gasteiger partial charge is 0.338 e. The zero-order chi connectivity index (χ0) is 18.7. The number of benzene rings is 2. The van der Waals surface area contributed by atoms with Gasteiger partial charge in [-0.15, -0.1) is 0 Å². The molecule has 2 aromatic rings. The summed E-state index contributed by atoms with van der Waals surface area (Å²) in [6.45, 7) is 5.87. The molecule has 2 aromatic carbocycles. The normalized spacial score (nSPS) is 20.6. The molecule has 2 unspecified atom stereocenters. The number of likely N-dealkylation sites (tertiary alicyclic amines) is 1. The van der Waals surface area contributed by atoms with Gasteiger partial charge in [0.15, 0.2) is 0 Å². The Bertz CT molecular complexity index is 854. The highest BCUT2D eigenvalue weighted by Crippen LogP contribution is 2.23. The van der Waals surface area contributed by atoms with Crippen molar-refractivity contribution in [3.63, 3.8) is 0 Å². The third-order valence-corrected chi connectivity index (χ3v) is 5.99. The van der Waals surface area contributed by atoms with Gasteiger partial charge < -0.3 is 4.90 Å². The zero-order valence-electron chi connectivity index (χ0n) is 15.1. The molecule has 1 aliphatic heterocycles. The molecular weight excluding hydrogens is 348 g/mol. The van der Waals surface area contributed by atoms with Crippen LogP contribution in [0.4, 0.5) is 5.69 Å². The second-order valence-corrected chi connectivity index (χ2v) is 8.83. The van der Waals surface area contributed by atoms with E-state index in [0.29, 0.717) is 23.1 Å². The zero-order valence-corrected chi connectivity index (χ0v) is 15.9. The molecule has 5 nitrogen and oxygen atoms in total. The van der Waals surface area contributed by atoms with E-state index < -0.39 is 10.0 Å². The summed E-state index contributed by atoms with van der Waals surface area (Å²) in [5.74, 6) is 1.00. The Morgan fingerprint density at radius 3 is 2.12 bits per heavy atom. The highest BCUT2D eigenvalue weighted by molar-refractivity contribution is 7.92. The first-order valence-electron chi connectivity index (χ1n) is 8.82. The molecule has 1 N–H and O–H groups in total. The molecule has 2 atom stereocenters. The van der Waals surface area contributed by atoms with Gasteiger partial charge in [0.2, 0.25) is 0 Å². The van der Waals surface area contributed by atoms with Crippen LogP contribution in [0.25, 0.3) is 0 Å². The number of anilines is 1. The lowest BCUT2D eigenvalue weighted by molar-refractivity contribution is 0.0623. The summed E-state index contributed by atoms with van der Waals surface area (Å²) in [5, 5.41) is 0. The molecule has 1 fully saturated rings. The van der Waals surface area contributed by atoms with Crippen molar-refractivity contribution < 1.29 is 13.2 Å². The van der Waals surface area contributed by atoms with Crippen LogP contribution in [0.15, 0.2) is 59.5 Å². The van der Waals surface area contributed by atoms with Crippen molar-refractivity contribution in [1.82, 2.24) is 4.90 Å². The van der Waals surface area contributed by atoms with Gasteiger partial charge in [-0.2, -0.15) is 0 Å². The molecule has 26 heavy (non-hydrogen) atoms. The highest BCUT2D eigenvalue weighted by atomic mass is 32.2. The fourth-order valence-electron chi connectivity index (χ4n) is 3.51. The number of hydrogen-bond acceptors (Lipinski definition) is 3. The SMILES string of the molecule is CC1CC(C)CN(C(=O)c2ccc(NS(=O)(=O)c3ccccc3)cc2)C1.